The summed E-state index contributed by atoms with van der Waals surface area (Å²) in [6, 6.07) is 21.8. The molecule has 0 aliphatic carbocycles. The first-order valence-electron chi connectivity index (χ1n) is 8.04. The minimum absolute atomic E-state index is 0.118. The zero-order valence-electron chi connectivity index (χ0n) is 13.9. The number of aromatic hydroxyl groups is 1. The van der Waals surface area contributed by atoms with E-state index in [1.165, 1.54) is 12.1 Å². The van der Waals surface area contributed by atoms with Gasteiger partial charge in [-0.15, -0.1) is 0 Å². The minimum atomic E-state index is -0.363. The van der Waals surface area contributed by atoms with E-state index in [0.717, 1.165) is 0 Å². The molecule has 26 heavy (non-hydrogen) atoms. The number of nitrogens with one attached hydrogen (secondary N) is 1. The number of amides is 1. The number of ether oxygens (including phenoxy) is 1. The molecular weight excluding hydrogens is 330 g/mol. The Kier molecular flexibility index (Phi) is 5.29. The van der Waals surface area contributed by atoms with Crippen molar-refractivity contribution in [2.75, 3.05) is 11.9 Å². The van der Waals surface area contributed by atoms with Gasteiger partial charge in [-0.25, -0.2) is 0 Å². The summed E-state index contributed by atoms with van der Waals surface area (Å²) in [5.41, 5.74) is 1.50. The Morgan fingerprint density at radius 2 is 1.50 bits per heavy atom. The largest absolute Gasteiger partial charge is 0.508 e. The Labute approximate surface area is 150 Å². The lowest BCUT2D eigenvalue weighted by Gasteiger charge is -2.11. The molecule has 2 N–H and O–H groups in total. The second-order valence-electron chi connectivity index (χ2n) is 5.58. The molecule has 130 valence electrons. The van der Waals surface area contributed by atoms with Crippen molar-refractivity contribution < 1.29 is 19.4 Å². The van der Waals surface area contributed by atoms with Crippen molar-refractivity contribution >= 4 is 17.4 Å². The Balaban J connectivity index is 1.68. The van der Waals surface area contributed by atoms with Crippen LogP contribution in [0.4, 0.5) is 5.69 Å². The van der Waals surface area contributed by atoms with Crippen LogP contribution in [0.5, 0.6) is 11.5 Å². The van der Waals surface area contributed by atoms with E-state index >= 15 is 0 Å². The number of carbonyl (C=O) groups is 2. The van der Waals surface area contributed by atoms with Gasteiger partial charge < -0.3 is 15.2 Å². The first kappa shape index (κ1) is 17.2. The molecule has 0 aliphatic heterocycles. The van der Waals surface area contributed by atoms with Crippen molar-refractivity contribution in [2.45, 2.75) is 0 Å². The summed E-state index contributed by atoms with van der Waals surface area (Å²) in [7, 11) is 0. The third kappa shape index (κ3) is 4.27. The van der Waals surface area contributed by atoms with Crippen LogP contribution in [0, 0.1) is 0 Å². The number of carbonyl (C=O) groups excluding carboxylic acids is 2. The number of phenols is 1. The van der Waals surface area contributed by atoms with Crippen LogP contribution >= 0.6 is 0 Å². The lowest BCUT2D eigenvalue weighted by molar-refractivity contribution is -0.118. The summed E-state index contributed by atoms with van der Waals surface area (Å²) in [6.45, 7) is -0.236. The maximum absolute atomic E-state index is 12.6. The van der Waals surface area contributed by atoms with Gasteiger partial charge in [-0.3, -0.25) is 9.59 Å². The summed E-state index contributed by atoms with van der Waals surface area (Å²) in [5.74, 6) is -0.0624. The van der Waals surface area contributed by atoms with Gasteiger partial charge in [0.25, 0.3) is 5.91 Å². The molecular formula is C21H17NO4. The van der Waals surface area contributed by atoms with Crippen molar-refractivity contribution in [1.29, 1.82) is 0 Å². The summed E-state index contributed by atoms with van der Waals surface area (Å²) in [5, 5.41) is 11.9. The zero-order valence-corrected chi connectivity index (χ0v) is 13.9. The van der Waals surface area contributed by atoms with E-state index in [1.807, 2.05) is 6.07 Å². The van der Waals surface area contributed by atoms with Gasteiger partial charge in [-0.2, -0.15) is 0 Å². The number of para-hydroxylation sites is 1. The Morgan fingerprint density at radius 3 is 2.23 bits per heavy atom. The summed E-state index contributed by atoms with van der Waals surface area (Å²) >= 11 is 0. The van der Waals surface area contributed by atoms with Crippen LogP contribution in [0.25, 0.3) is 0 Å². The van der Waals surface area contributed by atoms with Crippen LogP contribution < -0.4 is 10.1 Å². The van der Waals surface area contributed by atoms with E-state index in [4.69, 9.17) is 4.74 Å². The zero-order chi connectivity index (χ0) is 18.4. The molecule has 5 nitrogen and oxygen atoms in total. The van der Waals surface area contributed by atoms with Gasteiger partial charge in [0.1, 0.15) is 11.5 Å². The van der Waals surface area contributed by atoms with Crippen molar-refractivity contribution in [2.24, 2.45) is 0 Å². The normalized spacial score (nSPS) is 10.2. The predicted molar refractivity (Wildman–Crippen MR) is 98.5 cm³/mol. The van der Waals surface area contributed by atoms with E-state index in [0.29, 0.717) is 22.6 Å². The molecule has 0 bridgehead atoms. The molecule has 0 saturated carbocycles. The van der Waals surface area contributed by atoms with Gasteiger partial charge in [0.15, 0.2) is 12.4 Å². The van der Waals surface area contributed by atoms with Crippen LogP contribution in [0.2, 0.25) is 0 Å². The lowest BCUT2D eigenvalue weighted by Crippen LogP contribution is -2.20. The first-order chi connectivity index (χ1) is 12.6. The van der Waals surface area contributed by atoms with Crippen molar-refractivity contribution in [3.63, 3.8) is 0 Å². The van der Waals surface area contributed by atoms with Crippen LogP contribution in [0.1, 0.15) is 15.9 Å². The molecule has 1 amide bonds. The van der Waals surface area contributed by atoms with Crippen LogP contribution in [-0.4, -0.2) is 23.4 Å². The Morgan fingerprint density at radius 1 is 0.846 bits per heavy atom. The average Bonchev–Trinajstić information content (AvgIpc) is 2.68. The highest BCUT2D eigenvalue weighted by molar-refractivity contribution is 6.10. The molecule has 3 rings (SSSR count). The van der Waals surface area contributed by atoms with Crippen LogP contribution in [-0.2, 0) is 4.79 Å². The third-order valence-electron chi connectivity index (χ3n) is 3.68. The van der Waals surface area contributed by atoms with E-state index < -0.39 is 0 Å². The second kappa shape index (κ2) is 7.98. The van der Waals surface area contributed by atoms with Crippen molar-refractivity contribution in [1.82, 2.24) is 0 Å². The van der Waals surface area contributed by atoms with E-state index in [9.17, 15) is 14.7 Å². The first-order valence-corrected chi connectivity index (χ1v) is 8.04. The van der Waals surface area contributed by atoms with Crippen molar-refractivity contribution in [3.8, 4) is 11.5 Å². The molecule has 0 radical (unpaired) electrons. The molecule has 0 aromatic heterocycles. The van der Waals surface area contributed by atoms with E-state index in [1.54, 1.807) is 60.7 Å². The highest BCUT2D eigenvalue weighted by Crippen LogP contribution is 2.21. The van der Waals surface area contributed by atoms with Crippen molar-refractivity contribution in [3.05, 3.63) is 90.0 Å². The quantitative estimate of drug-likeness (QED) is 0.527. The summed E-state index contributed by atoms with van der Waals surface area (Å²) < 4.78 is 5.56. The van der Waals surface area contributed by atoms with Gasteiger partial charge in [-0.05, 0) is 36.4 Å². The molecule has 0 spiro atoms. The smallest absolute Gasteiger partial charge is 0.262 e. The fraction of sp³-hybridized carbons (Fsp3) is 0.0476. The van der Waals surface area contributed by atoms with Gasteiger partial charge >= 0.3 is 0 Å². The Bertz CT molecular complexity index is 905. The second-order valence-corrected chi connectivity index (χ2v) is 5.58. The highest BCUT2D eigenvalue weighted by Gasteiger charge is 2.15. The number of hydrogen-bond acceptors (Lipinski definition) is 4. The van der Waals surface area contributed by atoms with Gasteiger partial charge in [0.2, 0.25) is 0 Å². The molecule has 0 saturated heterocycles. The van der Waals surface area contributed by atoms with Gasteiger partial charge in [-0.1, -0.05) is 42.5 Å². The number of rotatable bonds is 6. The average molecular weight is 347 g/mol. The molecule has 0 fully saturated rings. The number of hydrogen-bond donors (Lipinski definition) is 2. The monoisotopic (exact) mass is 347 g/mol. The number of anilines is 1. The molecule has 0 unspecified atom stereocenters. The predicted octanol–water partition coefficient (Wildman–Crippen LogP) is 3.64. The van der Waals surface area contributed by atoms with Gasteiger partial charge in [0.05, 0.1) is 5.56 Å². The van der Waals surface area contributed by atoms with Crippen LogP contribution in [0.15, 0.2) is 78.9 Å². The number of benzene rings is 3. The fourth-order valence-corrected chi connectivity index (χ4v) is 2.41. The summed E-state index contributed by atoms with van der Waals surface area (Å²) in [6.07, 6.45) is 0. The molecule has 0 atom stereocenters. The standard InChI is InChI=1S/C21H17NO4/c23-17-12-10-16(11-13-17)22-20(24)14-26-19-9-5-4-8-18(19)21(25)15-6-2-1-3-7-15/h1-13,23H,14H2,(H,22,24). The fourth-order valence-electron chi connectivity index (χ4n) is 2.41. The number of phenolic OH excluding ortho intramolecular Hbond substituents is 1. The lowest BCUT2D eigenvalue weighted by atomic mass is 10.0. The SMILES string of the molecule is O=C(COc1ccccc1C(=O)c1ccccc1)Nc1ccc(O)cc1. The Hall–Kier alpha value is -3.60. The topological polar surface area (TPSA) is 75.6 Å². The van der Waals surface area contributed by atoms with Crippen LogP contribution in [0.3, 0.4) is 0 Å². The highest BCUT2D eigenvalue weighted by atomic mass is 16.5. The summed E-state index contributed by atoms with van der Waals surface area (Å²) in [4.78, 5) is 24.7. The van der Waals surface area contributed by atoms with E-state index in [-0.39, 0.29) is 24.0 Å². The molecule has 0 aliphatic rings. The minimum Gasteiger partial charge on any atom is -0.508 e. The third-order valence-corrected chi connectivity index (χ3v) is 3.68. The maximum Gasteiger partial charge on any atom is 0.262 e. The maximum atomic E-state index is 12.6. The molecule has 0 heterocycles. The van der Waals surface area contributed by atoms with Gasteiger partial charge in [0, 0.05) is 11.3 Å². The van der Waals surface area contributed by atoms with E-state index in [2.05, 4.69) is 5.32 Å². The molecule has 5 heteroatoms. The number of ketones is 1. The molecule has 3 aromatic carbocycles. The molecule has 3 aromatic rings.